The first-order valence-electron chi connectivity index (χ1n) is 4.84. The second-order valence-corrected chi connectivity index (χ2v) is 4.22. The molecule has 82 valence electrons. The molecular weight excluding hydrogens is 212 g/mol. The molecule has 1 amide bonds. The minimum absolute atomic E-state index is 0.216. The van der Waals surface area contributed by atoms with Gasteiger partial charge in [-0.1, -0.05) is 31.5 Å². The molecule has 0 saturated carbocycles. The maximum atomic E-state index is 11.7. The summed E-state index contributed by atoms with van der Waals surface area (Å²) >= 11 is 5.90. The monoisotopic (exact) mass is 226 g/mol. The largest absolute Gasteiger partial charge is 0.398 e. The molecule has 4 heteroatoms. The van der Waals surface area contributed by atoms with E-state index in [1.54, 1.807) is 18.2 Å². The molecule has 0 saturated heterocycles. The minimum atomic E-state index is -0.216. The molecule has 1 rings (SSSR count). The molecular formula is C11H15ClN2O. The predicted molar refractivity (Wildman–Crippen MR) is 63.0 cm³/mol. The van der Waals surface area contributed by atoms with Crippen molar-refractivity contribution in [3.05, 3.63) is 28.8 Å². The van der Waals surface area contributed by atoms with Crippen LogP contribution in [-0.2, 0) is 0 Å². The van der Waals surface area contributed by atoms with Crippen LogP contribution in [0.25, 0.3) is 0 Å². The Bertz CT molecular complexity index is 343. The Labute approximate surface area is 94.6 Å². The van der Waals surface area contributed by atoms with Gasteiger partial charge in [0.15, 0.2) is 0 Å². The standard InChI is InChI=1S/C11H15ClN2O/c1-7(2)6-14-11(15)10-8(12)4-3-5-9(10)13/h3-5,7H,6,13H2,1-2H3,(H,14,15). The lowest BCUT2D eigenvalue weighted by Gasteiger charge is -2.10. The average molecular weight is 227 g/mol. The van der Waals surface area contributed by atoms with Crippen molar-refractivity contribution in [2.75, 3.05) is 12.3 Å². The highest BCUT2D eigenvalue weighted by Gasteiger charge is 2.13. The van der Waals surface area contributed by atoms with Crippen LogP contribution in [0.1, 0.15) is 24.2 Å². The van der Waals surface area contributed by atoms with Crippen LogP contribution in [0.3, 0.4) is 0 Å². The van der Waals surface area contributed by atoms with E-state index in [1.807, 2.05) is 13.8 Å². The zero-order valence-electron chi connectivity index (χ0n) is 8.88. The first-order chi connectivity index (χ1) is 7.02. The lowest BCUT2D eigenvalue weighted by atomic mass is 10.1. The fourth-order valence-electron chi connectivity index (χ4n) is 1.17. The van der Waals surface area contributed by atoms with E-state index in [0.29, 0.717) is 28.7 Å². The van der Waals surface area contributed by atoms with Crippen molar-refractivity contribution in [2.45, 2.75) is 13.8 Å². The Morgan fingerprint density at radius 1 is 1.53 bits per heavy atom. The third-order valence-corrected chi connectivity index (χ3v) is 2.26. The van der Waals surface area contributed by atoms with E-state index in [0.717, 1.165) is 0 Å². The van der Waals surface area contributed by atoms with Crippen molar-refractivity contribution in [1.29, 1.82) is 0 Å². The molecule has 15 heavy (non-hydrogen) atoms. The van der Waals surface area contributed by atoms with E-state index in [4.69, 9.17) is 17.3 Å². The molecule has 0 bridgehead atoms. The first-order valence-corrected chi connectivity index (χ1v) is 5.22. The molecule has 0 fully saturated rings. The zero-order chi connectivity index (χ0) is 11.4. The zero-order valence-corrected chi connectivity index (χ0v) is 9.64. The highest BCUT2D eigenvalue weighted by molar-refractivity contribution is 6.34. The number of benzene rings is 1. The second kappa shape index (κ2) is 5.03. The maximum Gasteiger partial charge on any atom is 0.254 e. The summed E-state index contributed by atoms with van der Waals surface area (Å²) in [6, 6.07) is 5.04. The fraction of sp³-hybridized carbons (Fsp3) is 0.364. The molecule has 0 unspecified atom stereocenters. The molecule has 1 aromatic rings. The van der Waals surface area contributed by atoms with Gasteiger partial charge in [0.1, 0.15) is 0 Å². The van der Waals surface area contributed by atoms with E-state index >= 15 is 0 Å². The summed E-state index contributed by atoms with van der Waals surface area (Å²) in [5.41, 5.74) is 6.45. The fourth-order valence-corrected chi connectivity index (χ4v) is 1.43. The van der Waals surface area contributed by atoms with Gasteiger partial charge >= 0.3 is 0 Å². The first kappa shape index (κ1) is 11.9. The highest BCUT2D eigenvalue weighted by atomic mass is 35.5. The topological polar surface area (TPSA) is 55.1 Å². The van der Waals surface area contributed by atoms with Crippen molar-refractivity contribution in [2.24, 2.45) is 5.92 Å². The molecule has 0 radical (unpaired) electrons. The van der Waals surface area contributed by atoms with Crippen LogP contribution in [0.15, 0.2) is 18.2 Å². The molecule has 0 aliphatic rings. The summed E-state index contributed by atoms with van der Waals surface area (Å²) in [6.45, 7) is 4.66. The van der Waals surface area contributed by atoms with Gasteiger partial charge in [-0.25, -0.2) is 0 Å². The van der Waals surface area contributed by atoms with Crippen LogP contribution < -0.4 is 11.1 Å². The summed E-state index contributed by atoms with van der Waals surface area (Å²) in [7, 11) is 0. The van der Waals surface area contributed by atoms with Gasteiger partial charge in [0.2, 0.25) is 0 Å². The number of rotatable bonds is 3. The van der Waals surface area contributed by atoms with E-state index in [-0.39, 0.29) is 5.91 Å². The van der Waals surface area contributed by atoms with E-state index < -0.39 is 0 Å². The molecule has 0 spiro atoms. The van der Waals surface area contributed by atoms with E-state index in [9.17, 15) is 4.79 Å². The van der Waals surface area contributed by atoms with Gasteiger partial charge in [-0.15, -0.1) is 0 Å². The Balaban J connectivity index is 2.82. The van der Waals surface area contributed by atoms with Crippen LogP contribution >= 0.6 is 11.6 Å². The molecule has 1 aromatic carbocycles. The Hall–Kier alpha value is -1.22. The number of nitrogens with one attached hydrogen (secondary N) is 1. The van der Waals surface area contributed by atoms with Gasteiger partial charge in [0.25, 0.3) is 5.91 Å². The maximum absolute atomic E-state index is 11.7. The smallest absolute Gasteiger partial charge is 0.254 e. The Kier molecular flexibility index (Phi) is 3.97. The molecule has 0 aliphatic heterocycles. The van der Waals surface area contributed by atoms with Crippen molar-refractivity contribution >= 4 is 23.2 Å². The summed E-state index contributed by atoms with van der Waals surface area (Å²) in [5, 5.41) is 3.16. The molecule has 0 aliphatic carbocycles. The molecule has 3 N–H and O–H groups in total. The van der Waals surface area contributed by atoms with Gasteiger partial charge in [-0.2, -0.15) is 0 Å². The lowest BCUT2D eigenvalue weighted by molar-refractivity contribution is 0.0950. The van der Waals surface area contributed by atoms with Crippen molar-refractivity contribution in [1.82, 2.24) is 5.32 Å². The third-order valence-electron chi connectivity index (χ3n) is 1.94. The number of anilines is 1. The second-order valence-electron chi connectivity index (χ2n) is 3.81. The summed E-state index contributed by atoms with van der Waals surface area (Å²) in [6.07, 6.45) is 0. The summed E-state index contributed by atoms with van der Waals surface area (Å²) in [4.78, 5) is 11.7. The number of nitrogen functional groups attached to an aromatic ring is 1. The predicted octanol–water partition coefficient (Wildman–Crippen LogP) is 2.31. The number of hydrogen-bond donors (Lipinski definition) is 2. The van der Waals surface area contributed by atoms with Crippen LogP contribution in [0.5, 0.6) is 0 Å². The summed E-state index contributed by atoms with van der Waals surface area (Å²) in [5.74, 6) is 0.185. The molecule has 3 nitrogen and oxygen atoms in total. The quantitative estimate of drug-likeness (QED) is 0.778. The van der Waals surface area contributed by atoms with Crippen molar-refractivity contribution < 1.29 is 4.79 Å². The third kappa shape index (κ3) is 3.13. The van der Waals surface area contributed by atoms with Gasteiger partial charge in [0, 0.05) is 12.2 Å². The number of halogens is 1. The molecule has 0 aromatic heterocycles. The van der Waals surface area contributed by atoms with Crippen LogP contribution in [0, 0.1) is 5.92 Å². The van der Waals surface area contributed by atoms with E-state index in [2.05, 4.69) is 5.32 Å². The number of amides is 1. The number of nitrogens with two attached hydrogens (primary N) is 1. The van der Waals surface area contributed by atoms with Crippen LogP contribution in [0.4, 0.5) is 5.69 Å². The van der Waals surface area contributed by atoms with E-state index in [1.165, 1.54) is 0 Å². The van der Waals surface area contributed by atoms with Gasteiger partial charge in [0.05, 0.1) is 10.6 Å². The van der Waals surface area contributed by atoms with Crippen LogP contribution in [-0.4, -0.2) is 12.5 Å². The lowest BCUT2D eigenvalue weighted by Crippen LogP contribution is -2.28. The average Bonchev–Trinajstić information content (AvgIpc) is 2.14. The normalized spacial score (nSPS) is 10.4. The Morgan fingerprint density at radius 3 is 2.73 bits per heavy atom. The van der Waals surface area contributed by atoms with Crippen molar-refractivity contribution in [3.8, 4) is 0 Å². The molecule has 0 heterocycles. The number of hydrogen-bond acceptors (Lipinski definition) is 2. The number of carbonyl (C=O) groups excluding carboxylic acids is 1. The Morgan fingerprint density at radius 2 is 2.20 bits per heavy atom. The molecule has 0 atom stereocenters. The van der Waals surface area contributed by atoms with Gasteiger partial charge in [-0.05, 0) is 18.1 Å². The SMILES string of the molecule is CC(C)CNC(=O)c1c(N)cccc1Cl. The summed E-state index contributed by atoms with van der Waals surface area (Å²) < 4.78 is 0. The highest BCUT2D eigenvalue weighted by Crippen LogP contribution is 2.21. The minimum Gasteiger partial charge on any atom is -0.398 e. The number of carbonyl (C=O) groups is 1. The van der Waals surface area contributed by atoms with Crippen molar-refractivity contribution in [3.63, 3.8) is 0 Å². The van der Waals surface area contributed by atoms with Gasteiger partial charge in [-0.3, -0.25) is 4.79 Å². The van der Waals surface area contributed by atoms with Gasteiger partial charge < -0.3 is 11.1 Å². The van der Waals surface area contributed by atoms with Crippen LogP contribution in [0.2, 0.25) is 5.02 Å².